The maximum Gasteiger partial charge on any atom is 0.204 e. The van der Waals surface area contributed by atoms with Crippen LogP contribution in [-0.2, 0) is 6.54 Å². The molecule has 0 spiro atoms. The summed E-state index contributed by atoms with van der Waals surface area (Å²) in [7, 11) is 0. The second-order valence-corrected chi connectivity index (χ2v) is 4.08. The van der Waals surface area contributed by atoms with E-state index >= 15 is 0 Å². The van der Waals surface area contributed by atoms with Gasteiger partial charge in [-0.3, -0.25) is 5.41 Å². The Labute approximate surface area is 110 Å². The molecule has 0 radical (unpaired) electrons. The lowest BCUT2D eigenvalue weighted by molar-refractivity contribution is 0.473. The molecule has 2 N–H and O–H groups in total. The van der Waals surface area contributed by atoms with Crippen molar-refractivity contribution in [1.29, 1.82) is 10.7 Å². The first-order chi connectivity index (χ1) is 8.60. The maximum absolute atomic E-state index is 12.0. The van der Waals surface area contributed by atoms with Gasteiger partial charge in [-0.15, -0.1) is 0 Å². The van der Waals surface area contributed by atoms with E-state index in [1.807, 2.05) is 25.2 Å². The molecule has 0 saturated carbocycles. The van der Waals surface area contributed by atoms with Crippen molar-refractivity contribution in [1.82, 2.24) is 10.2 Å². The molecule has 0 aliphatic heterocycles. The van der Waals surface area contributed by atoms with Gasteiger partial charge in [0.25, 0.3) is 0 Å². The topological polar surface area (TPSA) is 62.9 Å². The number of benzene rings is 1. The quantitative estimate of drug-likeness (QED) is 0.382. The molecule has 0 unspecified atom stereocenters. The number of alkyl halides is 1. The van der Waals surface area contributed by atoms with Crippen molar-refractivity contribution in [3.8, 4) is 6.19 Å². The lowest BCUT2D eigenvalue weighted by atomic mass is 10.1. The van der Waals surface area contributed by atoms with Crippen LogP contribution in [0.15, 0.2) is 18.2 Å². The normalized spacial score (nSPS) is 9.67. The van der Waals surface area contributed by atoms with Crippen molar-refractivity contribution in [3.05, 3.63) is 34.3 Å². The predicted octanol–water partition coefficient (Wildman–Crippen LogP) is 2.43. The van der Waals surface area contributed by atoms with Gasteiger partial charge in [0.05, 0.1) is 6.54 Å². The highest BCUT2D eigenvalue weighted by Crippen LogP contribution is 2.21. The lowest BCUT2D eigenvalue weighted by Crippen LogP contribution is -2.38. The monoisotopic (exact) mass is 268 g/mol. The molecule has 96 valence electrons. The number of hydrogen-bond donors (Lipinski definition) is 2. The SMILES string of the molecule is Cc1cccc(CN(C#N)C(=N)NCCF)c1Cl. The van der Waals surface area contributed by atoms with E-state index in [-0.39, 0.29) is 19.0 Å². The van der Waals surface area contributed by atoms with Crippen molar-refractivity contribution < 1.29 is 4.39 Å². The predicted molar refractivity (Wildman–Crippen MR) is 69.0 cm³/mol. The van der Waals surface area contributed by atoms with Gasteiger partial charge in [-0.05, 0) is 18.1 Å². The highest BCUT2D eigenvalue weighted by molar-refractivity contribution is 6.32. The average molecular weight is 269 g/mol. The standard InChI is InChI=1S/C12H14ClFN4/c1-9-3-2-4-10(11(9)13)7-18(8-15)12(16)17-6-5-14/h2-4H,5-7H2,1H3,(H2,16,17). The molecule has 6 heteroatoms. The van der Waals surface area contributed by atoms with Crippen LogP contribution >= 0.6 is 11.6 Å². The minimum atomic E-state index is -0.590. The molecular weight excluding hydrogens is 255 g/mol. The summed E-state index contributed by atoms with van der Waals surface area (Å²) in [6.45, 7) is 1.48. The smallest absolute Gasteiger partial charge is 0.204 e. The molecule has 1 aromatic rings. The Balaban J connectivity index is 2.78. The zero-order valence-corrected chi connectivity index (χ0v) is 10.8. The number of guanidine groups is 1. The summed E-state index contributed by atoms with van der Waals surface area (Å²) in [4.78, 5) is 1.12. The van der Waals surface area contributed by atoms with Crippen molar-refractivity contribution in [2.45, 2.75) is 13.5 Å². The zero-order chi connectivity index (χ0) is 13.5. The van der Waals surface area contributed by atoms with E-state index in [1.54, 1.807) is 6.07 Å². The van der Waals surface area contributed by atoms with Crippen LogP contribution in [0.1, 0.15) is 11.1 Å². The van der Waals surface area contributed by atoms with Gasteiger partial charge in [-0.1, -0.05) is 29.8 Å². The Morgan fingerprint density at radius 2 is 2.33 bits per heavy atom. The molecule has 0 aliphatic rings. The molecule has 0 amide bonds. The second kappa shape index (κ2) is 6.82. The first kappa shape index (κ1) is 14.3. The number of nitrogens with zero attached hydrogens (tertiary/aromatic N) is 2. The fourth-order valence-corrected chi connectivity index (χ4v) is 1.61. The van der Waals surface area contributed by atoms with Crippen LogP contribution in [0.2, 0.25) is 5.02 Å². The van der Waals surface area contributed by atoms with E-state index in [9.17, 15) is 4.39 Å². The lowest BCUT2D eigenvalue weighted by Gasteiger charge is -2.18. The molecular formula is C12H14ClFN4. The van der Waals surface area contributed by atoms with E-state index in [0.29, 0.717) is 5.02 Å². The Morgan fingerprint density at radius 3 is 2.94 bits per heavy atom. The Hall–Kier alpha value is -1.80. The van der Waals surface area contributed by atoms with Crippen LogP contribution in [0.3, 0.4) is 0 Å². The average Bonchev–Trinajstić information content (AvgIpc) is 2.37. The third kappa shape index (κ3) is 3.60. The molecule has 4 nitrogen and oxygen atoms in total. The highest BCUT2D eigenvalue weighted by atomic mass is 35.5. The number of aryl methyl sites for hydroxylation is 1. The first-order valence-electron chi connectivity index (χ1n) is 5.39. The summed E-state index contributed by atoms with van der Waals surface area (Å²) in [5.74, 6) is -0.132. The van der Waals surface area contributed by atoms with Crippen LogP contribution < -0.4 is 5.32 Å². The summed E-state index contributed by atoms with van der Waals surface area (Å²) >= 11 is 6.12. The van der Waals surface area contributed by atoms with Gasteiger partial charge in [0.15, 0.2) is 6.19 Å². The molecule has 0 saturated heterocycles. The second-order valence-electron chi connectivity index (χ2n) is 3.70. The van der Waals surface area contributed by atoms with Gasteiger partial charge in [-0.25, -0.2) is 9.29 Å². The van der Waals surface area contributed by atoms with E-state index < -0.39 is 6.67 Å². The molecule has 0 aliphatic carbocycles. The fourth-order valence-electron chi connectivity index (χ4n) is 1.43. The third-order valence-corrected chi connectivity index (χ3v) is 2.92. The largest absolute Gasteiger partial charge is 0.353 e. The van der Waals surface area contributed by atoms with Gasteiger partial charge >= 0.3 is 0 Å². The number of nitriles is 1. The summed E-state index contributed by atoms with van der Waals surface area (Å²) in [6.07, 6.45) is 1.87. The van der Waals surface area contributed by atoms with E-state index in [1.165, 1.54) is 0 Å². The van der Waals surface area contributed by atoms with Crippen LogP contribution in [0.5, 0.6) is 0 Å². The van der Waals surface area contributed by atoms with Crippen molar-refractivity contribution >= 4 is 17.6 Å². The molecule has 0 fully saturated rings. The Bertz CT molecular complexity index is 470. The van der Waals surface area contributed by atoms with Gasteiger partial charge in [-0.2, -0.15) is 5.26 Å². The molecule has 0 aromatic heterocycles. The summed E-state index contributed by atoms with van der Waals surface area (Å²) in [5.41, 5.74) is 1.67. The van der Waals surface area contributed by atoms with Crippen molar-refractivity contribution in [2.24, 2.45) is 0 Å². The van der Waals surface area contributed by atoms with Gasteiger partial charge in [0, 0.05) is 11.6 Å². The number of rotatable bonds is 4. The van der Waals surface area contributed by atoms with Gasteiger partial charge in [0.1, 0.15) is 6.67 Å². The molecule has 0 heterocycles. The van der Waals surface area contributed by atoms with Crippen LogP contribution in [0.4, 0.5) is 4.39 Å². The van der Waals surface area contributed by atoms with Crippen LogP contribution in [0.25, 0.3) is 0 Å². The molecule has 0 atom stereocenters. The highest BCUT2D eigenvalue weighted by Gasteiger charge is 2.12. The molecule has 18 heavy (non-hydrogen) atoms. The Morgan fingerprint density at radius 1 is 1.61 bits per heavy atom. The summed E-state index contributed by atoms with van der Waals surface area (Å²) < 4.78 is 12.0. The summed E-state index contributed by atoms with van der Waals surface area (Å²) in [5, 5.41) is 19.7. The summed E-state index contributed by atoms with van der Waals surface area (Å²) in [6, 6.07) is 5.50. The fraction of sp³-hybridized carbons (Fsp3) is 0.333. The first-order valence-corrected chi connectivity index (χ1v) is 5.77. The van der Waals surface area contributed by atoms with Crippen LogP contribution in [0, 0.1) is 23.8 Å². The molecule has 1 rings (SSSR count). The molecule has 0 bridgehead atoms. The van der Waals surface area contributed by atoms with Gasteiger partial charge < -0.3 is 5.32 Å². The van der Waals surface area contributed by atoms with Gasteiger partial charge in [0.2, 0.25) is 5.96 Å². The minimum Gasteiger partial charge on any atom is -0.353 e. The van der Waals surface area contributed by atoms with Crippen LogP contribution in [-0.4, -0.2) is 24.1 Å². The zero-order valence-electron chi connectivity index (χ0n) is 10.0. The third-order valence-electron chi connectivity index (χ3n) is 2.38. The maximum atomic E-state index is 12.0. The number of halogens is 2. The number of hydrogen-bond acceptors (Lipinski definition) is 2. The number of nitrogens with one attached hydrogen (secondary N) is 2. The van der Waals surface area contributed by atoms with Crippen molar-refractivity contribution in [3.63, 3.8) is 0 Å². The molecule has 1 aromatic carbocycles. The van der Waals surface area contributed by atoms with E-state index in [2.05, 4.69) is 5.32 Å². The van der Waals surface area contributed by atoms with E-state index in [4.69, 9.17) is 22.3 Å². The minimum absolute atomic E-state index is 0.0125. The Kier molecular flexibility index (Phi) is 5.40. The van der Waals surface area contributed by atoms with Crippen molar-refractivity contribution in [2.75, 3.05) is 13.2 Å². The van der Waals surface area contributed by atoms with E-state index in [0.717, 1.165) is 16.0 Å².